The van der Waals surface area contributed by atoms with Gasteiger partial charge in [0.15, 0.2) is 0 Å². The second-order valence-corrected chi connectivity index (χ2v) is 8.11. The van der Waals surface area contributed by atoms with E-state index >= 15 is 0 Å². The first-order valence-corrected chi connectivity index (χ1v) is 10.2. The summed E-state index contributed by atoms with van der Waals surface area (Å²) in [5.74, 6) is 0.126. The molecule has 0 radical (unpaired) electrons. The molecule has 2 aromatic heterocycles. The van der Waals surface area contributed by atoms with Gasteiger partial charge in [0, 0.05) is 25.8 Å². The van der Waals surface area contributed by atoms with Crippen LogP contribution in [-0.4, -0.2) is 55.8 Å². The lowest BCUT2D eigenvalue weighted by molar-refractivity contribution is -0.135. The number of aromatic nitrogens is 3. The third-order valence-corrected chi connectivity index (χ3v) is 6.31. The van der Waals surface area contributed by atoms with Crippen molar-refractivity contribution < 1.29 is 9.59 Å². The van der Waals surface area contributed by atoms with E-state index in [1.165, 1.54) is 0 Å². The molecule has 0 bridgehead atoms. The zero-order valence-corrected chi connectivity index (χ0v) is 16.2. The molecule has 2 aromatic rings. The van der Waals surface area contributed by atoms with Crippen LogP contribution in [0.2, 0.25) is 0 Å². The van der Waals surface area contributed by atoms with E-state index in [0.717, 1.165) is 55.1 Å². The van der Waals surface area contributed by atoms with Crippen molar-refractivity contribution in [2.75, 3.05) is 19.6 Å². The van der Waals surface area contributed by atoms with Crippen LogP contribution < -0.4 is 0 Å². The average Bonchev–Trinajstić information content (AvgIpc) is 3.39. The molecule has 1 atom stereocenters. The Bertz CT molecular complexity index is 840. The van der Waals surface area contributed by atoms with Crippen LogP contribution in [0.1, 0.15) is 47.2 Å². The summed E-state index contributed by atoms with van der Waals surface area (Å²) in [6.45, 7) is 4.43. The second-order valence-electron chi connectivity index (χ2n) is 7.35. The Morgan fingerprint density at radius 1 is 1.30 bits per heavy atom. The molecule has 27 heavy (non-hydrogen) atoms. The number of carbonyl (C=O) groups is 2. The van der Waals surface area contributed by atoms with Gasteiger partial charge in [0.1, 0.15) is 4.88 Å². The number of hydrogen-bond donors (Lipinski definition) is 0. The molecule has 8 heteroatoms. The molecular weight excluding hydrogens is 362 g/mol. The Kier molecular flexibility index (Phi) is 4.90. The molecule has 2 saturated heterocycles. The van der Waals surface area contributed by atoms with E-state index < -0.39 is 5.41 Å². The summed E-state index contributed by atoms with van der Waals surface area (Å²) in [6.07, 6.45) is 4.96. The van der Waals surface area contributed by atoms with E-state index in [1.54, 1.807) is 6.20 Å². The summed E-state index contributed by atoms with van der Waals surface area (Å²) in [5, 5.41) is 4.10. The summed E-state index contributed by atoms with van der Waals surface area (Å²) in [4.78, 5) is 34.7. The Morgan fingerprint density at radius 2 is 2.15 bits per heavy atom. The molecule has 7 nitrogen and oxygen atoms in total. The highest BCUT2D eigenvalue weighted by Crippen LogP contribution is 2.41. The number of carbonyl (C=O) groups excluding carboxylic acids is 2. The van der Waals surface area contributed by atoms with Crippen LogP contribution >= 0.6 is 11.5 Å². The fraction of sp³-hybridized carbons (Fsp3) is 0.526. The lowest BCUT2D eigenvalue weighted by Gasteiger charge is -2.23. The first kappa shape index (κ1) is 18.0. The summed E-state index contributed by atoms with van der Waals surface area (Å²) < 4.78 is 3.96. The van der Waals surface area contributed by atoms with E-state index in [-0.39, 0.29) is 11.8 Å². The number of pyridine rings is 1. The van der Waals surface area contributed by atoms with E-state index in [2.05, 4.69) is 21.5 Å². The predicted octanol–water partition coefficient (Wildman–Crippen LogP) is 2.15. The Hall–Kier alpha value is -2.35. The highest BCUT2D eigenvalue weighted by Gasteiger charge is 2.51. The minimum Gasteiger partial charge on any atom is -0.337 e. The van der Waals surface area contributed by atoms with Crippen molar-refractivity contribution in [3.63, 3.8) is 0 Å². The summed E-state index contributed by atoms with van der Waals surface area (Å²) in [6, 6.07) is 5.75. The molecule has 1 unspecified atom stereocenters. The maximum absolute atomic E-state index is 13.1. The molecule has 0 aromatic carbocycles. The monoisotopic (exact) mass is 385 g/mol. The van der Waals surface area contributed by atoms with Crippen molar-refractivity contribution >= 4 is 23.3 Å². The van der Waals surface area contributed by atoms with Crippen LogP contribution in [-0.2, 0) is 17.8 Å². The number of hydrogen-bond acceptors (Lipinski definition) is 6. The van der Waals surface area contributed by atoms with E-state index in [1.807, 2.05) is 28.0 Å². The summed E-state index contributed by atoms with van der Waals surface area (Å²) in [5.41, 5.74) is 1.24. The van der Waals surface area contributed by atoms with E-state index in [0.29, 0.717) is 24.5 Å². The fourth-order valence-electron chi connectivity index (χ4n) is 4.07. The normalized spacial score (nSPS) is 22.2. The molecule has 142 valence electrons. The Labute approximate surface area is 162 Å². The van der Waals surface area contributed by atoms with Gasteiger partial charge in [-0.15, -0.1) is 5.10 Å². The van der Waals surface area contributed by atoms with Crippen LogP contribution in [0.25, 0.3) is 0 Å². The quantitative estimate of drug-likeness (QED) is 0.788. The molecule has 0 N–H and O–H groups in total. The average molecular weight is 385 g/mol. The first-order chi connectivity index (χ1) is 13.1. The molecule has 2 fully saturated rings. The van der Waals surface area contributed by atoms with Crippen LogP contribution in [0.15, 0.2) is 24.4 Å². The molecule has 4 rings (SSSR count). The van der Waals surface area contributed by atoms with Gasteiger partial charge in [-0.1, -0.05) is 23.9 Å². The summed E-state index contributed by atoms with van der Waals surface area (Å²) in [7, 11) is 0. The molecule has 2 aliphatic heterocycles. The Balaban J connectivity index is 1.45. The number of aryl methyl sites for hydroxylation is 1. The molecule has 2 aliphatic rings. The van der Waals surface area contributed by atoms with Crippen molar-refractivity contribution in [2.45, 2.75) is 39.2 Å². The zero-order chi connectivity index (χ0) is 18.9. The van der Waals surface area contributed by atoms with Gasteiger partial charge in [-0.2, -0.15) is 0 Å². The Morgan fingerprint density at radius 3 is 2.93 bits per heavy atom. The molecule has 0 saturated carbocycles. The van der Waals surface area contributed by atoms with Crippen LogP contribution in [0.5, 0.6) is 0 Å². The minimum absolute atomic E-state index is 0.0266. The molecule has 2 amide bonds. The predicted molar refractivity (Wildman–Crippen MR) is 101 cm³/mol. The lowest BCUT2D eigenvalue weighted by Crippen LogP contribution is -2.38. The van der Waals surface area contributed by atoms with Crippen molar-refractivity contribution in [3.05, 3.63) is 40.7 Å². The largest absolute Gasteiger partial charge is 0.337 e. The third-order valence-electron chi connectivity index (χ3n) is 5.56. The van der Waals surface area contributed by atoms with Crippen molar-refractivity contribution in [2.24, 2.45) is 5.41 Å². The second kappa shape index (κ2) is 7.34. The van der Waals surface area contributed by atoms with Gasteiger partial charge >= 0.3 is 0 Å². The summed E-state index contributed by atoms with van der Waals surface area (Å²) >= 11 is 1.16. The SMILES string of the molecule is CCCc1nnsc1C(=O)N1CCC2(CCN(Cc3ccccn3)C2=O)C1. The number of amides is 2. The van der Waals surface area contributed by atoms with Crippen LogP contribution in [0, 0.1) is 5.41 Å². The van der Waals surface area contributed by atoms with Gasteiger partial charge in [-0.05, 0) is 42.9 Å². The van der Waals surface area contributed by atoms with Crippen LogP contribution in [0.3, 0.4) is 0 Å². The minimum atomic E-state index is -0.437. The van der Waals surface area contributed by atoms with Crippen molar-refractivity contribution in [1.82, 2.24) is 24.4 Å². The van der Waals surface area contributed by atoms with Gasteiger partial charge in [-0.25, -0.2) is 0 Å². The van der Waals surface area contributed by atoms with Gasteiger partial charge in [0.25, 0.3) is 5.91 Å². The number of nitrogens with zero attached hydrogens (tertiary/aromatic N) is 5. The first-order valence-electron chi connectivity index (χ1n) is 9.43. The fourth-order valence-corrected chi connectivity index (χ4v) is 4.75. The van der Waals surface area contributed by atoms with Crippen molar-refractivity contribution in [3.8, 4) is 0 Å². The zero-order valence-electron chi connectivity index (χ0n) is 15.4. The molecular formula is C19H23N5O2S. The number of likely N-dealkylation sites (tertiary alicyclic amines) is 2. The smallest absolute Gasteiger partial charge is 0.267 e. The maximum Gasteiger partial charge on any atom is 0.267 e. The lowest BCUT2D eigenvalue weighted by atomic mass is 9.85. The van der Waals surface area contributed by atoms with E-state index in [9.17, 15) is 9.59 Å². The highest BCUT2D eigenvalue weighted by atomic mass is 32.1. The van der Waals surface area contributed by atoms with Gasteiger partial charge in [0.2, 0.25) is 5.91 Å². The number of rotatable bonds is 5. The van der Waals surface area contributed by atoms with E-state index in [4.69, 9.17) is 0 Å². The molecule has 0 aliphatic carbocycles. The molecule has 1 spiro atoms. The molecule has 4 heterocycles. The van der Waals surface area contributed by atoms with Gasteiger partial charge < -0.3 is 9.80 Å². The third kappa shape index (κ3) is 3.34. The highest BCUT2D eigenvalue weighted by molar-refractivity contribution is 7.08. The van der Waals surface area contributed by atoms with Gasteiger partial charge in [0.05, 0.1) is 23.3 Å². The standard InChI is InChI=1S/C19H23N5O2S/c1-2-5-15-16(27-22-21-15)17(25)24-11-8-19(13-24)7-10-23(18(19)26)12-14-6-3-4-9-20-14/h3-4,6,9H,2,5,7-8,10-13H2,1H3. The van der Waals surface area contributed by atoms with Gasteiger partial charge in [-0.3, -0.25) is 14.6 Å². The van der Waals surface area contributed by atoms with Crippen molar-refractivity contribution in [1.29, 1.82) is 0 Å². The maximum atomic E-state index is 13.1. The topological polar surface area (TPSA) is 79.3 Å². The van der Waals surface area contributed by atoms with Crippen LogP contribution in [0.4, 0.5) is 0 Å².